The molecule has 1 saturated carbocycles. The summed E-state index contributed by atoms with van der Waals surface area (Å²) in [5.41, 5.74) is 1.26. The fraction of sp³-hybridized carbons (Fsp3) is 0.400. The zero-order chi connectivity index (χ0) is 8.55. The predicted molar refractivity (Wildman–Crippen MR) is 49.4 cm³/mol. The summed E-state index contributed by atoms with van der Waals surface area (Å²) in [5.74, 6) is 0.527. The molecule has 0 radical (unpaired) electrons. The highest BCUT2D eigenvalue weighted by Crippen LogP contribution is 2.37. The van der Waals surface area contributed by atoms with Gasteiger partial charge >= 0.3 is 0 Å². The molecule has 0 aromatic heterocycles. The SMILES string of the molecule is OC1CC(c2cccc(Cl)c2)C1. The molecular formula is C10H11ClO. The van der Waals surface area contributed by atoms with Crippen molar-refractivity contribution in [3.8, 4) is 0 Å². The molecule has 1 fully saturated rings. The number of aliphatic hydroxyl groups is 1. The van der Waals surface area contributed by atoms with Gasteiger partial charge in [0.25, 0.3) is 0 Å². The molecule has 1 N–H and O–H groups in total. The van der Waals surface area contributed by atoms with Gasteiger partial charge in [0.05, 0.1) is 6.10 Å². The zero-order valence-electron chi connectivity index (χ0n) is 6.70. The van der Waals surface area contributed by atoms with Gasteiger partial charge in [-0.25, -0.2) is 0 Å². The lowest BCUT2D eigenvalue weighted by Crippen LogP contribution is -2.26. The maximum atomic E-state index is 9.12. The van der Waals surface area contributed by atoms with Crippen LogP contribution < -0.4 is 0 Å². The van der Waals surface area contributed by atoms with Crippen LogP contribution in [0.15, 0.2) is 24.3 Å². The highest BCUT2D eigenvalue weighted by Gasteiger charge is 2.28. The van der Waals surface area contributed by atoms with Gasteiger partial charge in [-0.1, -0.05) is 23.7 Å². The predicted octanol–water partition coefficient (Wildman–Crippen LogP) is 2.58. The van der Waals surface area contributed by atoms with Crippen molar-refractivity contribution < 1.29 is 5.11 Å². The minimum Gasteiger partial charge on any atom is -0.393 e. The van der Waals surface area contributed by atoms with Crippen molar-refractivity contribution >= 4 is 11.6 Å². The average Bonchev–Trinajstić information content (AvgIpc) is 1.99. The van der Waals surface area contributed by atoms with Gasteiger partial charge in [0, 0.05) is 5.02 Å². The molecule has 0 unspecified atom stereocenters. The van der Waals surface area contributed by atoms with E-state index in [-0.39, 0.29) is 6.10 Å². The van der Waals surface area contributed by atoms with Gasteiger partial charge in [-0.15, -0.1) is 0 Å². The monoisotopic (exact) mass is 182 g/mol. The first-order valence-corrected chi connectivity index (χ1v) is 4.57. The normalized spacial score (nSPS) is 28.2. The molecule has 1 aromatic rings. The van der Waals surface area contributed by atoms with Gasteiger partial charge in [-0.2, -0.15) is 0 Å². The number of hydrogen-bond donors (Lipinski definition) is 1. The van der Waals surface area contributed by atoms with E-state index in [0.717, 1.165) is 17.9 Å². The first kappa shape index (κ1) is 8.09. The number of rotatable bonds is 1. The Hall–Kier alpha value is -0.530. The van der Waals surface area contributed by atoms with Crippen molar-refractivity contribution in [1.29, 1.82) is 0 Å². The molecule has 1 aliphatic carbocycles. The number of hydrogen-bond acceptors (Lipinski definition) is 1. The lowest BCUT2D eigenvalue weighted by molar-refractivity contribution is 0.0746. The van der Waals surface area contributed by atoms with Crippen molar-refractivity contribution in [2.24, 2.45) is 0 Å². The minimum atomic E-state index is -0.0889. The average molecular weight is 183 g/mol. The van der Waals surface area contributed by atoms with Crippen molar-refractivity contribution in [2.75, 3.05) is 0 Å². The first-order valence-electron chi connectivity index (χ1n) is 4.19. The summed E-state index contributed by atoms with van der Waals surface area (Å²) in [6, 6.07) is 7.89. The minimum absolute atomic E-state index is 0.0889. The standard InChI is InChI=1S/C10H11ClO/c11-9-3-1-2-7(4-9)8-5-10(12)6-8/h1-4,8,10,12H,5-6H2. The summed E-state index contributed by atoms with van der Waals surface area (Å²) in [6.45, 7) is 0. The molecule has 0 spiro atoms. The van der Waals surface area contributed by atoms with E-state index >= 15 is 0 Å². The second-order valence-corrected chi connectivity index (χ2v) is 3.81. The van der Waals surface area contributed by atoms with Gasteiger partial charge in [-0.05, 0) is 36.5 Å². The Balaban J connectivity index is 2.13. The Kier molecular flexibility index (Phi) is 2.07. The molecule has 1 aromatic carbocycles. The molecule has 0 aliphatic heterocycles. The Bertz CT molecular complexity index is 279. The fourth-order valence-electron chi connectivity index (χ4n) is 1.62. The zero-order valence-corrected chi connectivity index (χ0v) is 7.46. The molecule has 2 heteroatoms. The summed E-state index contributed by atoms with van der Waals surface area (Å²) in [7, 11) is 0. The van der Waals surface area contributed by atoms with Crippen molar-refractivity contribution in [3.05, 3.63) is 34.9 Å². The molecule has 1 nitrogen and oxygen atoms in total. The number of halogens is 1. The third-order valence-corrected chi connectivity index (χ3v) is 2.67. The van der Waals surface area contributed by atoms with Crippen LogP contribution in [0.2, 0.25) is 5.02 Å². The largest absolute Gasteiger partial charge is 0.393 e. The van der Waals surface area contributed by atoms with Crippen LogP contribution in [0.25, 0.3) is 0 Å². The molecule has 0 heterocycles. The van der Waals surface area contributed by atoms with Crippen LogP contribution >= 0.6 is 11.6 Å². The summed E-state index contributed by atoms with van der Waals surface area (Å²) < 4.78 is 0. The molecule has 0 saturated heterocycles. The summed E-state index contributed by atoms with van der Waals surface area (Å²) in [5, 5.41) is 9.90. The van der Waals surface area contributed by atoms with Crippen LogP contribution in [0.3, 0.4) is 0 Å². The summed E-state index contributed by atoms with van der Waals surface area (Å²) in [4.78, 5) is 0. The van der Waals surface area contributed by atoms with E-state index in [1.54, 1.807) is 0 Å². The number of benzene rings is 1. The smallest absolute Gasteiger partial charge is 0.0552 e. The van der Waals surface area contributed by atoms with E-state index in [1.807, 2.05) is 18.2 Å². The maximum Gasteiger partial charge on any atom is 0.0552 e. The second-order valence-electron chi connectivity index (χ2n) is 3.38. The van der Waals surface area contributed by atoms with E-state index in [9.17, 15) is 0 Å². The molecule has 64 valence electrons. The van der Waals surface area contributed by atoms with Crippen LogP contribution in [0.5, 0.6) is 0 Å². The van der Waals surface area contributed by atoms with Crippen LogP contribution in [-0.4, -0.2) is 11.2 Å². The van der Waals surface area contributed by atoms with Crippen molar-refractivity contribution in [1.82, 2.24) is 0 Å². The third kappa shape index (κ3) is 1.47. The highest BCUT2D eigenvalue weighted by atomic mass is 35.5. The van der Waals surface area contributed by atoms with Gasteiger partial charge in [0.1, 0.15) is 0 Å². The third-order valence-electron chi connectivity index (χ3n) is 2.43. The summed E-state index contributed by atoms with van der Waals surface area (Å²) in [6.07, 6.45) is 1.69. The fourth-order valence-corrected chi connectivity index (χ4v) is 1.82. The quantitative estimate of drug-likeness (QED) is 0.708. The lowest BCUT2D eigenvalue weighted by atomic mass is 9.78. The Labute approximate surface area is 77.0 Å². The Morgan fingerprint density at radius 2 is 2.08 bits per heavy atom. The molecule has 0 amide bonds. The van der Waals surface area contributed by atoms with Gasteiger partial charge < -0.3 is 5.11 Å². The van der Waals surface area contributed by atoms with E-state index < -0.39 is 0 Å². The molecular weight excluding hydrogens is 172 g/mol. The van der Waals surface area contributed by atoms with E-state index in [4.69, 9.17) is 16.7 Å². The Morgan fingerprint density at radius 3 is 2.67 bits per heavy atom. The molecule has 1 aliphatic rings. The topological polar surface area (TPSA) is 20.2 Å². The first-order chi connectivity index (χ1) is 5.75. The van der Waals surface area contributed by atoms with Gasteiger partial charge in [0.2, 0.25) is 0 Å². The van der Waals surface area contributed by atoms with Crippen molar-refractivity contribution in [3.63, 3.8) is 0 Å². The van der Waals surface area contributed by atoms with Crippen LogP contribution in [0.1, 0.15) is 24.3 Å². The molecule has 2 rings (SSSR count). The Morgan fingerprint density at radius 1 is 1.33 bits per heavy atom. The van der Waals surface area contributed by atoms with E-state index in [1.165, 1.54) is 5.56 Å². The van der Waals surface area contributed by atoms with Gasteiger partial charge in [-0.3, -0.25) is 0 Å². The van der Waals surface area contributed by atoms with E-state index in [0.29, 0.717) is 5.92 Å². The van der Waals surface area contributed by atoms with Crippen LogP contribution in [0, 0.1) is 0 Å². The molecule has 0 atom stereocenters. The highest BCUT2D eigenvalue weighted by molar-refractivity contribution is 6.30. The van der Waals surface area contributed by atoms with Crippen molar-refractivity contribution in [2.45, 2.75) is 24.9 Å². The summed E-state index contributed by atoms with van der Waals surface area (Å²) >= 11 is 5.84. The van der Waals surface area contributed by atoms with Gasteiger partial charge in [0.15, 0.2) is 0 Å². The van der Waals surface area contributed by atoms with Crippen LogP contribution in [-0.2, 0) is 0 Å². The molecule has 0 bridgehead atoms. The maximum absolute atomic E-state index is 9.12. The van der Waals surface area contributed by atoms with Crippen LogP contribution in [0.4, 0.5) is 0 Å². The number of aliphatic hydroxyl groups excluding tert-OH is 1. The van der Waals surface area contributed by atoms with E-state index in [2.05, 4.69) is 6.07 Å². The lowest BCUT2D eigenvalue weighted by Gasteiger charge is -2.31. The second kappa shape index (κ2) is 3.08. The molecule has 12 heavy (non-hydrogen) atoms.